The minimum atomic E-state index is -0.701. The molecule has 2 aromatic rings. The van der Waals surface area contributed by atoms with E-state index in [4.69, 9.17) is 17.0 Å². The first-order chi connectivity index (χ1) is 13.3. The monoisotopic (exact) mass is 416 g/mol. The lowest BCUT2D eigenvalue weighted by atomic mass is 10.1. The van der Waals surface area contributed by atoms with Crippen LogP contribution in [0.15, 0.2) is 41.3 Å². The van der Waals surface area contributed by atoms with Gasteiger partial charge in [-0.15, -0.1) is 0 Å². The molecule has 7 nitrogen and oxygen atoms in total. The van der Waals surface area contributed by atoms with Crippen molar-refractivity contribution in [1.82, 2.24) is 0 Å². The number of thioether (sulfide) groups is 1. The molecule has 0 aliphatic carbocycles. The van der Waals surface area contributed by atoms with Crippen LogP contribution in [0.4, 0.5) is 11.4 Å². The van der Waals surface area contributed by atoms with Gasteiger partial charge in [-0.1, -0.05) is 42.2 Å². The molecule has 0 saturated carbocycles. The van der Waals surface area contributed by atoms with Crippen LogP contribution in [0.2, 0.25) is 0 Å². The molecule has 1 aliphatic heterocycles. The predicted molar refractivity (Wildman–Crippen MR) is 113 cm³/mol. The number of aromatic hydroxyl groups is 1. The van der Waals surface area contributed by atoms with Gasteiger partial charge < -0.3 is 9.84 Å². The van der Waals surface area contributed by atoms with E-state index < -0.39 is 16.4 Å². The molecule has 0 bridgehead atoms. The first kappa shape index (κ1) is 19.8. The van der Waals surface area contributed by atoms with Gasteiger partial charge in [0.05, 0.1) is 22.1 Å². The topological polar surface area (TPSA) is 92.9 Å². The molecular formula is C19H16N2O5S2. The third-order valence-electron chi connectivity index (χ3n) is 4.02. The maximum Gasteiger partial charge on any atom is 0.315 e. The summed E-state index contributed by atoms with van der Waals surface area (Å²) in [4.78, 5) is 25.2. The van der Waals surface area contributed by atoms with Crippen molar-refractivity contribution in [1.29, 1.82) is 0 Å². The Bertz CT molecular complexity index is 1020. The number of carbonyl (C=O) groups excluding carboxylic acids is 1. The van der Waals surface area contributed by atoms with E-state index in [9.17, 15) is 20.0 Å². The summed E-state index contributed by atoms with van der Waals surface area (Å²) < 4.78 is 5.65. The van der Waals surface area contributed by atoms with Crippen molar-refractivity contribution in [3.8, 4) is 11.5 Å². The molecule has 1 saturated heterocycles. The van der Waals surface area contributed by atoms with Gasteiger partial charge in [-0.05, 0) is 43.2 Å². The Morgan fingerprint density at radius 1 is 1.36 bits per heavy atom. The average molecular weight is 416 g/mol. The maximum absolute atomic E-state index is 12.9. The largest absolute Gasteiger partial charge is 0.500 e. The van der Waals surface area contributed by atoms with Gasteiger partial charge in [0.25, 0.3) is 5.91 Å². The van der Waals surface area contributed by atoms with Crippen LogP contribution in [0.3, 0.4) is 0 Å². The molecule has 1 aliphatic rings. The Balaban J connectivity index is 2.02. The second-order valence-corrected chi connectivity index (χ2v) is 7.56. The minimum absolute atomic E-state index is 0.0164. The molecule has 0 unspecified atom stereocenters. The third-order valence-corrected chi connectivity index (χ3v) is 5.32. The summed E-state index contributed by atoms with van der Waals surface area (Å²) in [6, 6.07) is 10.0. The van der Waals surface area contributed by atoms with Gasteiger partial charge in [0.15, 0.2) is 10.1 Å². The highest BCUT2D eigenvalue weighted by atomic mass is 32.2. The normalized spacial score (nSPS) is 15.4. The number of anilines is 1. The second-order valence-electron chi connectivity index (χ2n) is 5.88. The zero-order valence-corrected chi connectivity index (χ0v) is 16.7. The lowest BCUT2D eigenvalue weighted by molar-refractivity contribution is -0.386. The number of thiocarbonyl (C=S) groups is 1. The second kappa shape index (κ2) is 7.99. The van der Waals surface area contributed by atoms with Gasteiger partial charge in [-0.2, -0.15) is 0 Å². The molecule has 0 spiro atoms. The van der Waals surface area contributed by atoms with E-state index in [1.165, 1.54) is 23.1 Å². The number of amides is 1. The Hall–Kier alpha value is -2.91. The summed E-state index contributed by atoms with van der Waals surface area (Å²) >= 11 is 6.48. The van der Waals surface area contributed by atoms with Crippen molar-refractivity contribution < 1.29 is 19.6 Å². The molecule has 1 N–H and O–H groups in total. The van der Waals surface area contributed by atoms with E-state index in [0.717, 1.165) is 17.3 Å². The van der Waals surface area contributed by atoms with Gasteiger partial charge in [0.2, 0.25) is 5.75 Å². The van der Waals surface area contributed by atoms with Crippen molar-refractivity contribution in [2.75, 3.05) is 11.5 Å². The number of nitro benzene ring substituents is 1. The summed E-state index contributed by atoms with van der Waals surface area (Å²) in [5.41, 5.74) is 1.46. The first-order valence-corrected chi connectivity index (χ1v) is 9.53. The predicted octanol–water partition coefficient (Wildman–Crippen LogP) is 4.41. The number of hydrogen-bond acceptors (Lipinski definition) is 7. The van der Waals surface area contributed by atoms with E-state index in [1.54, 1.807) is 6.92 Å². The van der Waals surface area contributed by atoms with Gasteiger partial charge in [-0.3, -0.25) is 19.8 Å². The van der Waals surface area contributed by atoms with E-state index in [2.05, 4.69) is 0 Å². The number of benzene rings is 2. The van der Waals surface area contributed by atoms with Crippen LogP contribution >= 0.6 is 24.0 Å². The van der Waals surface area contributed by atoms with Crippen LogP contribution < -0.4 is 9.64 Å². The lowest BCUT2D eigenvalue weighted by Gasteiger charge is -2.16. The Morgan fingerprint density at radius 3 is 2.71 bits per heavy atom. The summed E-state index contributed by atoms with van der Waals surface area (Å²) in [7, 11) is 0. The number of hydrogen-bond donors (Lipinski definition) is 1. The van der Waals surface area contributed by atoms with Crippen LogP contribution in [-0.2, 0) is 4.79 Å². The van der Waals surface area contributed by atoms with Crippen molar-refractivity contribution in [2.45, 2.75) is 13.8 Å². The Kier molecular flexibility index (Phi) is 5.66. The number of rotatable bonds is 5. The number of phenolic OH excluding ortho intramolecular Hbond substituents is 1. The van der Waals surface area contributed by atoms with Crippen LogP contribution in [0, 0.1) is 17.0 Å². The fraction of sp³-hybridized carbons (Fsp3) is 0.158. The molecule has 1 fully saturated rings. The summed E-state index contributed by atoms with van der Waals surface area (Å²) in [6.07, 6.45) is 1.51. The summed E-state index contributed by atoms with van der Waals surface area (Å²) in [5.74, 6) is -0.869. The van der Waals surface area contributed by atoms with Gasteiger partial charge in [0, 0.05) is 6.07 Å². The fourth-order valence-corrected chi connectivity index (χ4v) is 4.03. The van der Waals surface area contributed by atoms with E-state index in [0.29, 0.717) is 20.5 Å². The number of nitro groups is 1. The number of para-hydroxylation sites is 1. The van der Waals surface area contributed by atoms with Crippen molar-refractivity contribution in [3.63, 3.8) is 0 Å². The number of aryl methyl sites for hydroxylation is 1. The quantitative estimate of drug-likeness (QED) is 0.334. The van der Waals surface area contributed by atoms with Gasteiger partial charge in [-0.25, -0.2) is 0 Å². The van der Waals surface area contributed by atoms with Crippen molar-refractivity contribution in [3.05, 3.63) is 62.5 Å². The molecule has 2 aromatic carbocycles. The highest BCUT2D eigenvalue weighted by Gasteiger charge is 2.34. The van der Waals surface area contributed by atoms with Crippen LogP contribution in [0.5, 0.6) is 11.5 Å². The highest BCUT2D eigenvalue weighted by molar-refractivity contribution is 8.27. The molecule has 0 aromatic heterocycles. The zero-order chi connectivity index (χ0) is 20.4. The molecule has 28 heavy (non-hydrogen) atoms. The van der Waals surface area contributed by atoms with Crippen LogP contribution in [-0.4, -0.2) is 26.9 Å². The Morgan fingerprint density at radius 2 is 2.07 bits per heavy atom. The first-order valence-electron chi connectivity index (χ1n) is 8.31. The molecule has 1 amide bonds. The summed E-state index contributed by atoms with van der Waals surface area (Å²) in [6.45, 7) is 3.81. The molecule has 1 heterocycles. The lowest BCUT2D eigenvalue weighted by Crippen LogP contribution is -2.28. The van der Waals surface area contributed by atoms with Crippen molar-refractivity contribution in [2.24, 2.45) is 0 Å². The zero-order valence-electron chi connectivity index (χ0n) is 15.0. The van der Waals surface area contributed by atoms with Crippen molar-refractivity contribution >= 4 is 51.7 Å². The van der Waals surface area contributed by atoms with E-state index in [-0.39, 0.29) is 18.3 Å². The maximum atomic E-state index is 12.9. The summed E-state index contributed by atoms with van der Waals surface area (Å²) in [5, 5.41) is 21.2. The molecular weight excluding hydrogens is 400 g/mol. The Labute approximate surface area is 170 Å². The van der Waals surface area contributed by atoms with E-state index >= 15 is 0 Å². The SMILES string of the molecule is CCOc1cc(/C=C2\SC(=S)N(c3ccccc3C)C2=O)cc([N+](=O)[O-])c1O. The van der Waals surface area contributed by atoms with Gasteiger partial charge >= 0.3 is 5.69 Å². The molecule has 0 radical (unpaired) electrons. The average Bonchev–Trinajstić information content (AvgIpc) is 2.91. The van der Waals surface area contributed by atoms with Gasteiger partial charge in [0.1, 0.15) is 0 Å². The third kappa shape index (κ3) is 3.71. The number of carbonyl (C=O) groups is 1. The molecule has 0 atom stereocenters. The number of nitrogens with zero attached hydrogens (tertiary/aromatic N) is 2. The number of ether oxygens (including phenoxy) is 1. The van der Waals surface area contributed by atoms with Crippen LogP contribution in [0.1, 0.15) is 18.1 Å². The number of phenols is 1. The minimum Gasteiger partial charge on any atom is -0.500 e. The molecule has 9 heteroatoms. The van der Waals surface area contributed by atoms with Crippen LogP contribution in [0.25, 0.3) is 6.08 Å². The molecule has 3 rings (SSSR count). The highest BCUT2D eigenvalue weighted by Crippen LogP contribution is 2.40. The van der Waals surface area contributed by atoms with E-state index in [1.807, 2.05) is 31.2 Å². The fourth-order valence-electron chi connectivity index (χ4n) is 2.74. The molecule has 144 valence electrons. The standard InChI is InChI=1S/C19H16N2O5S2/c1-3-26-15-9-12(8-14(17(15)22)21(24)25)10-16-18(23)20(19(27)28-16)13-7-5-4-6-11(13)2/h4-10,22H,3H2,1-2H3/b16-10-. The smallest absolute Gasteiger partial charge is 0.315 e.